The summed E-state index contributed by atoms with van der Waals surface area (Å²) in [7, 11) is 0. The van der Waals surface area contributed by atoms with Crippen LogP contribution in [0.25, 0.3) is 0 Å². The standard InChI is InChI=1S/C2H8N2.4C2H4O2.2Na.Zn.2H/c3-1-2-4;4*1-2(3)4;;;;;/h1-4H2;4*1H3,(H,3,4);;;;;. The first-order chi connectivity index (χ1) is 8.84. The molecule has 0 aromatic rings. The molecule has 0 amide bonds. The van der Waals surface area contributed by atoms with Crippen molar-refractivity contribution in [2.45, 2.75) is 27.7 Å². The Kier molecular flexibility index (Phi) is 106. The third-order valence-electron chi connectivity index (χ3n) is 0.167. The summed E-state index contributed by atoms with van der Waals surface area (Å²) in [6, 6.07) is 0. The Balaban J connectivity index is -0.0000000197. The number of rotatable bonds is 1. The summed E-state index contributed by atoms with van der Waals surface area (Å²) < 4.78 is 0. The zero-order valence-electron chi connectivity index (χ0n) is 12.7. The maximum atomic E-state index is 9.00. The summed E-state index contributed by atoms with van der Waals surface area (Å²) in [5, 5.41) is 29.7. The minimum absolute atomic E-state index is 0. The molecule has 0 aliphatic heterocycles. The predicted octanol–water partition coefficient (Wildman–Crippen LogP) is -2.03. The maximum absolute atomic E-state index is 9.00. The van der Waals surface area contributed by atoms with Gasteiger partial charge in [0.1, 0.15) is 0 Å². The third kappa shape index (κ3) is 4620. The van der Waals surface area contributed by atoms with Gasteiger partial charge >= 0.3 is 59.1 Å². The molecule has 0 aliphatic rings. The van der Waals surface area contributed by atoms with Crippen LogP contribution in [0.15, 0.2) is 0 Å². The van der Waals surface area contributed by atoms with Crippen LogP contribution in [0.3, 0.4) is 0 Å². The van der Waals surface area contributed by atoms with Crippen LogP contribution < -0.4 is 11.5 Å². The van der Waals surface area contributed by atoms with Gasteiger partial charge in [-0.2, -0.15) is 0 Å². The van der Waals surface area contributed by atoms with Crippen molar-refractivity contribution in [1.29, 1.82) is 0 Å². The van der Waals surface area contributed by atoms with E-state index in [1.165, 1.54) is 0 Å². The minimum atomic E-state index is -0.833. The van der Waals surface area contributed by atoms with E-state index in [0.717, 1.165) is 27.7 Å². The van der Waals surface area contributed by atoms with E-state index >= 15 is 0 Å². The number of carbonyl (C=O) groups is 4. The molecule has 8 N–H and O–H groups in total. The van der Waals surface area contributed by atoms with Crippen LogP contribution in [-0.2, 0) is 38.7 Å². The smallest absolute Gasteiger partial charge is 0 e. The second-order valence-corrected chi connectivity index (χ2v) is 2.65. The number of aliphatic carboxylic acids is 4. The van der Waals surface area contributed by atoms with E-state index in [4.69, 9.17) is 51.1 Å². The van der Waals surface area contributed by atoms with Crippen LogP contribution in [0.1, 0.15) is 27.7 Å². The number of hydrogen-bond acceptors (Lipinski definition) is 6. The summed E-state index contributed by atoms with van der Waals surface area (Å²) in [5.74, 6) is -3.33. The van der Waals surface area contributed by atoms with Crippen molar-refractivity contribution >= 4 is 83.0 Å². The minimum Gasteiger partial charge on any atom is 0 e. The monoisotopic (exact) mass is 412 g/mol. The van der Waals surface area contributed by atoms with Crippen LogP contribution in [0, 0.1) is 0 Å². The van der Waals surface area contributed by atoms with Gasteiger partial charge in [-0.15, -0.1) is 0 Å². The Labute approximate surface area is 192 Å². The molecule has 0 aromatic carbocycles. The molecule has 0 radical (unpaired) electrons. The molecule has 0 saturated heterocycles. The molecule has 0 rings (SSSR count). The van der Waals surface area contributed by atoms with E-state index in [-0.39, 0.29) is 78.6 Å². The number of carboxylic acid groups (broad SMARTS) is 4. The summed E-state index contributed by atoms with van der Waals surface area (Å²) in [6.45, 7) is 5.53. The van der Waals surface area contributed by atoms with Gasteiger partial charge < -0.3 is 31.9 Å². The molecule has 13 heteroatoms. The van der Waals surface area contributed by atoms with Crippen molar-refractivity contribution in [2.24, 2.45) is 11.5 Å². The summed E-state index contributed by atoms with van der Waals surface area (Å²) >= 11 is 0. The molecule has 23 heavy (non-hydrogen) atoms. The van der Waals surface area contributed by atoms with E-state index in [9.17, 15) is 0 Å². The maximum Gasteiger partial charge on any atom is 0 e. The predicted molar refractivity (Wildman–Crippen MR) is 85.6 cm³/mol. The molecule has 0 bridgehead atoms. The van der Waals surface area contributed by atoms with Gasteiger partial charge in [-0.05, 0) is 0 Å². The Bertz CT molecular complexity index is 205. The van der Waals surface area contributed by atoms with E-state index < -0.39 is 23.9 Å². The van der Waals surface area contributed by atoms with E-state index in [1.54, 1.807) is 0 Å². The largest absolute Gasteiger partial charge is 0 e. The second kappa shape index (κ2) is 49.5. The quantitative estimate of drug-likeness (QED) is 0.260. The fraction of sp³-hybridized carbons (Fsp3) is 0.600. The van der Waals surface area contributed by atoms with Crippen molar-refractivity contribution < 1.29 is 59.1 Å². The topological polar surface area (TPSA) is 201 Å². The molecule has 0 aromatic heterocycles. The number of hydrogen-bond donors (Lipinski definition) is 6. The third-order valence-corrected chi connectivity index (χ3v) is 0.167. The van der Waals surface area contributed by atoms with E-state index in [0.29, 0.717) is 13.1 Å². The van der Waals surface area contributed by atoms with Crippen LogP contribution in [-0.4, -0.2) is 117 Å². The van der Waals surface area contributed by atoms with Crippen molar-refractivity contribution in [1.82, 2.24) is 0 Å². The molecule has 0 unspecified atom stereocenters. The van der Waals surface area contributed by atoms with Gasteiger partial charge in [0.05, 0.1) is 0 Å². The van der Waals surface area contributed by atoms with Gasteiger partial charge in [0.25, 0.3) is 23.9 Å². The van der Waals surface area contributed by atoms with Gasteiger partial charge in [-0.1, -0.05) is 0 Å². The molecule has 0 atom stereocenters. The molecule has 0 saturated carbocycles. The fourth-order valence-electron chi connectivity index (χ4n) is 0. The Morgan fingerprint density at radius 2 is 0.652 bits per heavy atom. The fourth-order valence-corrected chi connectivity index (χ4v) is 0. The van der Waals surface area contributed by atoms with Crippen LogP contribution >= 0.6 is 0 Å². The zero-order chi connectivity index (χ0) is 17.7. The van der Waals surface area contributed by atoms with E-state index in [1.807, 2.05) is 0 Å². The molecule has 0 spiro atoms. The van der Waals surface area contributed by atoms with Gasteiger partial charge in [0.2, 0.25) is 0 Å². The average molecular weight is 414 g/mol. The van der Waals surface area contributed by atoms with Crippen LogP contribution in [0.4, 0.5) is 0 Å². The van der Waals surface area contributed by atoms with E-state index in [2.05, 4.69) is 0 Å². The first kappa shape index (κ1) is 49.5. The molecule has 10 nitrogen and oxygen atoms in total. The number of nitrogens with two attached hydrogens (primary N) is 2. The Hall–Kier alpha value is 0.423. The SMILES string of the molecule is CC(=O)O.CC(=O)O.CC(=O)O.CC(=O)O.NCCN.[NaH].[NaH].[Zn]. The van der Waals surface area contributed by atoms with Gasteiger partial charge in [-0.3, -0.25) is 19.2 Å². The van der Waals surface area contributed by atoms with Crippen molar-refractivity contribution in [3.05, 3.63) is 0 Å². The van der Waals surface area contributed by atoms with Gasteiger partial charge in [-0.25, -0.2) is 0 Å². The van der Waals surface area contributed by atoms with Crippen LogP contribution in [0.5, 0.6) is 0 Å². The summed E-state index contributed by atoms with van der Waals surface area (Å²) in [6.07, 6.45) is 0. The van der Waals surface area contributed by atoms with Crippen molar-refractivity contribution in [3.63, 3.8) is 0 Å². The molecule has 0 heterocycles. The molecule has 0 fully saturated rings. The summed E-state index contributed by atoms with van der Waals surface area (Å²) in [5.41, 5.74) is 9.81. The first-order valence-corrected chi connectivity index (χ1v) is 5.03. The molecular weight excluding hydrogens is 387 g/mol. The molecule has 128 valence electrons. The Morgan fingerprint density at radius 1 is 0.609 bits per heavy atom. The average Bonchev–Trinajstić information content (AvgIpc) is 2.13. The first-order valence-electron chi connectivity index (χ1n) is 5.03. The number of carboxylic acids is 4. The van der Waals surface area contributed by atoms with Gasteiger partial charge in [0.15, 0.2) is 0 Å². The van der Waals surface area contributed by atoms with Gasteiger partial charge in [0, 0.05) is 60.3 Å². The van der Waals surface area contributed by atoms with Crippen molar-refractivity contribution in [2.75, 3.05) is 13.1 Å². The van der Waals surface area contributed by atoms with Crippen LogP contribution in [0.2, 0.25) is 0 Å². The normalized spacial score (nSPS) is 5.65. The molecular formula is C10H26N2Na2O8Zn. The summed E-state index contributed by atoms with van der Waals surface area (Å²) in [4.78, 5) is 36.0. The Morgan fingerprint density at radius 3 is 0.652 bits per heavy atom. The zero-order valence-corrected chi connectivity index (χ0v) is 15.7. The van der Waals surface area contributed by atoms with Crippen molar-refractivity contribution in [3.8, 4) is 0 Å². The molecule has 0 aliphatic carbocycles. The second-order valence-electron chi connectivity index (χ2n) is 2.65.